The number of ether oxygens (including phenoxy) is 1. The lowest BCUT2D eigenvalue weighted by Gasteiger charge is -2.26. The van der Waals surface area contributed by atoms with Crippen LogP contribution >= 0.6 is 0 Å². The van der Waals surface area contributed by atoms with Crippen molar-refractivity contribution >= 4 is 38.6 Å². The minimum atomic E-state index is -0.165. The van der Waals surface area contributed by atoms with E-state index in [1.165, 1.54) is 55.5 Å². The van der Waals surface area contributed by atoms with E-state index in [0.717, 1.165) is 19.5 Å². The van der Waals surface area contributed by atoms with Crippen LogP contribution in [0.1, 0.15) is 45.2 Å². The Kier molecular flexibility index (Phi) is 7.85. The Labute approximate surface area is 255 Å². The molecule has 4 aromatic rings. The van der Waals surface area contributed by atoms with E-state index in [0.29, 0.717) is 6.61 Å². The first kappa shape index (κ1) is 29.1. The van der Waals surface area contributed by atoms with Gasteiger partial charge >= 0.3 is 0 Å². The number of benzene rings is 4. The van der Waals surface area contributed by atoms with Crippen molar-refractivity contribution < 1.29 is 14.4 Å². The molecule has 0 radical (unpaired) electrons. The third kappa shape index (κ3) is 4.93. The summed E-state index contributed by atoms with van der Waals surface area (Å²) in [6.07, 6.45) is 11.7. The van der Waals surface area contributed by atoms with E-state index in [1.54, 1.807) is 7.11 Å². The molecule has 0 atom stereocenters. The Balaban J connectivity index is 1.35. The highest BCUT2D eigenvalue weighted by atomic mass is 16.5. The first-order valence-electron chi connectivity index (χ1n) is 15.4. The average molecular weight is 572 g/mol. The summed E-state index contributed by atoms with van der Waals surface area (Å²) in [6.45, 7) is 11.7. The maximum atomic E-state index is 9.67. The monoisotopic (exact) mass is 571 g/mol. The third-order valence-corrected chi connectivity index (χ3v) is 9.30. The molecule has 0 aliphatic carbocycles. The van der Waals surface area contributed by atoms with Crippen molar-refractivity contribution in [2.45, 2.75) is 44.9 Å². The summed E-state index contributed by atoms with van der Waals surface area (Å²) < 4.78 is 7.91. The van der Waals surface area contributed by atoms with Crippen molar-refractivity contribution in [1.29, 1.82) is 0 Å². The highest BCUT2D eigenvalue weighted by Crippen LogP contribution is 2.50. The van der Waals surface area contributed by atoms with Crippen molar-refractivity contribution in [3.8, 4) is 0 Å². The molecule has 4 aromatic carbocycles. The van der Waals surface area contributed by atoms with E-state index in [1.807, 2.05) is 0 Å². The molecule has 0 saturated carbocycles. The van der Waals surface area contributed by atoms with E-state index in [-0.39, 0.29) is 17.4 Å². The Morgan fingerprint density at radius 3 is 2.16 bits per heavy atom. The predicted molar refractivity (Wildman–Crippen MR) is 181 cm³/mol. The molecule has 0 fully saturated rings. The smallest absolute Gasteiger partial charge is 0.210 e. The van der Waals surface area contributed by atoms with Crippen molar-refractivity contribution in [2.24, 2.45) is 0 Å². The SMILES string of the molecule is COCCN1/C(=C/C=C/C=C/C2=[N+](CCCO)c3ccc4ccccc4c3C2(C)C)C(C)(C)c2c1ccc1ccccc21. The number of nitrogens with zero attached hydrogens (tertiary/aromatic N) is 2. The molecular formula is C39H43N2O2+. The van der Waals surface area contributed by atoms with E-state index in [2.05, 4.69) is 140 Å². The summed E-state index contributed by atoms with van der Waals surface area (Å²) in [7, 11) is 1.77. The van der Waals surface area contributed by atoms with E-state index in [4.69, 9.17) is 4.74 Å². The van der Waals surface area contributed by atoms with Gasteiger partial charge in [-0.3, -0.25) is 0 Å². The molecule has 0 aromatic heterocycles. The quantitative estimate of drug-likeness (QED) is 0.163. The van der Waals surface area contributed by atoms with Crippen LogP contribution in [0.25, 0.3) is 21.5 Å². The molecule has 6 rings (SSSR count). The number of methoxy groups -OCH3 is 1. The highest BCUT2D eigenvalue weighted by molar-refractivity contribution is 6.07. The number of anilines is 1. The molecule has 1 N–H and O–H groups in total. The lowest BCUT2D eigenvalue weighted by molar-refractivity contribution is -0.438. The third-order valence-electron chi connectivity index (χ3n) is 9.30. The zero-order valence-corrected chi connectivity index (χ0v) is 26.1. The van der Waals surface area contributed by atoms with Crippen LogP contribution in [0.3, 0.4) is 0 Å². The molecule has 43 heavy (non-hydrogen) atoms. The summed E-state index contributed by atoms with van der Waals surface area (Å²) in [4.78, 5) is 2.42. The van der Waals surface area contributed by atoms with Gasteiger partial charge in [-0.25, -0.2) is 0 Å². The molecule has 220 valence electrons. The summed E-state index contributed by atoms with van der Waals surface area (Å²) in [6, 6.07) is 26.3. The number of fused-ring (bicyclic) bond motifs is 6. The Bertz CT molecular complexity index is 1810. The second-order valence-corrected chi connectivity index (χ2v) is 12.7. The molecule has 0 saturated heterocycles. The van der Waals surface area contributed by atoms with Crippen LogP contribution in [0, 0.1) is 0 Å². The number of hydrogen-bond donors (Lipinski definition) is 1. The number of aliphatic hydroxyl groups is 1. The maximum absolute atomic E-state index is 9.67. The predicted octanol–water partition coefficient (Wildman–Crippen LogP) is 8.19. The second kappa shape index (κ2) is 11.6. The van der Waals surface area contributed by atoms with Gasteiger partial charge in [-0.1, -0.05) is 86.7 Å². The highest BCUT2D eigenvalue weighted by Gasteiger charge is 2.45. The standard InChI is InChI=1S/C39H43N2O2/c1-38(2)34(40(24-13-26-42)32-22-20-28-14-9-11-16-30(28)36(32)38)18-7-6-8-19-35-39(3,4)37-31-17-12-10-15-29(31)21-23-33(37)41(35)25-27-43-5/h6-12,14-23,42H,13,24-27H2,1-5H3/q+1. The van der Waals surface area contributed by atoms with Gasteiger partial charge in [0.15, 0.2) is 12.3 Å². The number of allylic oxidation sites excluding steroid dienone is 6. The molecule has 2 aliphatic heterocycles. The second-order valence-electron chi connectivity index (χ2n) is 12.7. The minimum absolute atomic E-state index is 0.149. The molecule has 0 unspecified atom stereocenters. The van der Waals surface area contributed by atoms with Crippen LogP contribution in [0.4, 0.5) is 11.4 Å². The van der Waals surface area contributed by atoms with Gasteiger partial charge in [-0.2, -0.15) is 4.58 Å². The van der Waals surface area contributed by atoms with Gasteiger partial charge < -0.3 is 14.7 Å². The molecule has 0 bridgehead atoms. The molecule has 2 aliphatic rings. The number of rotatable bonds is 9. The van der Waals surface area contributed by atoms with Gasteiger partial charge in [0.2, 0.25) is 5.69 Å². The zero-order chi connectivity index (χ0) is 30.2. The number of aliphatic hydroxyl groups excluding tert-OH is 1. The van der Waals surface area contributed by atoms with Gasteiger partial charge in [0.25, 0.3) is 0 Å². The van der Waals surface area contributed by atoms with E-state index >= 15 is 0 Å². The van der Waals surface area contributed by atoms with E-state index in [9.17, 15) is 5.11 Å². The average Bonchev–Trinajstić information content (AvgIpc) is 3.37. The fraction of sp³-hybridized carbons (Fsp3) is 0.308. The van der Waals surface area contributed by atoms with Crippen molar-refractivity contribution in [3.05, 3.63) is 120 Å². The van der Waals surface area contributed by atoms with Gasteiger partial charge in [-0.05, 0) is 59.2 Å². The molecule has 4 heteroatoms. The van der Waals surface area contributed by atoms with Gasteiger partial charge in [0.05, 0.1) is 12.0 Å². The Morgan fingerprint density at radius 2 is 1.47 bits per heavy atom. The lowest BCUT2D eigenvalue weighted by Crippen LogP contribution is -2.28. The topological polar surface area (TPSA) is 35.7 Å². The van der Waals surface area contributed by atoms with Gasteiger partial charge in [0.1, 0.15) is 0 Å². The first-order chi connectivity index (χ1) is 20.8. The van der Waals surface area contributed by atoms with Crippen molar-refractivity contribution in [1.82, 2.24) is 0 Å². The fourth-order valence-electron chi connectivity index (χ4n) is 7.32. The molecule has 4 nitrogen and oxygen atoms in total. The van der Waals surface area contributed by atoms with Crippen LogP contribution in [0.5, 0.6) is 0 Å². The van der Waals surface area contributed by atoms with Crippen LogP contribution < -0.4 is 4.90 Å². The van der Waals surface area contributed by atoms with Crippen molar-refractivity contribution in [2.75, 3.05) is 38.3 Å². The van der Waals surface area contributed by atoms with Crippen molar-refractivity contribution in [3.63, 3.8) is 0 Å². The summed E-state index contributed by atoms with van der Waals surface area (Å²) in [5, 5.41) is 14.8. The van der Waals surface area contributed by atoms with Gasteiger partial charge in [-0.15, -0.1) is 0 Å². The van der Waals surface area contributed by atoms with Crippen LogP contribution in [-0.2, 0) is 15.6 Å². The fourth-order valence-corrected chi connectivity index (χ4v) is 7.32. The van der Waals surface area contributed by atoms with Crippen LogP contribution in [-0.4, -0.2) is 48.8 Å². The van der Waals surface area contributed by atoms with Crippen LogP contribution in [0.15, 0.2) is 109 Å². The Morgan fingerprint density at radius 1 is 0.791 bits per heavy atom. The number of hydrogen-bond acceptors (Lipinski definition) is 3. The zero-order valence-electron chi connectivity index (χ0n) is 26.1. The largest absolute Gasteiger partial charge is 0.396 e. The van der Waals surface area contributed by atoms with Gasteiger partial charge in [0, 0.05) is 61.2 Å². The maximum Gasteiger partial charge on any atom is 0.210 e. The normalized spacial score (nSPS) is 18.2. The van der Waals surface area contributed by atoms with E-state index < -0.39 is 0 Å². The minimum Gasteiger partial charge on any atom is -0.396 e. The molecule has 0 spiro atoms. The molecular weight excluding hydrogens is 528 g/mol. The summed E-state index contributed by atoms with van der Waals surface area (Å²) in [5.41, 5.74) is 7.47. The molecule has 2 heterocycles. The Hall–Kier alpha value is -3.99. The molecule has 0 amide bonds. The van der Waals surface area contributed by atoms with Crippen LogP contribution in [0.2, 0.25) is 0 Å². The summed E-state index contributed by atoms with van der Waals surface area (Å²) >= 11 is 0. The first-order valence-corrected chi connectivity index (χ1v) is 15.4. The summed E-state index contributed by atoms with van der Waals surface area (Å²) in [5.74, 6) is 0. The lowest BCUT2D eigenvalue weighted by atomic mass is 9.79.